The minimum absolute atomic E-state index is 0.148. The molecule has 1 amide bonds. The van der Waals surface area contributed by atoms with Gasteiger partial charge in [0, 0.05) is 18.8 Å². The van der Waals surface area contributed by atoms with Crippen molar-refractivity contribution < 1.29 is 4.79 Å². The smallest absolute Gasteiger partial charge is 0.288 e. The van der Waals surface area contributed by atoms with Gasteiger partial charge in [0.15, 0.2) is 0 Å². The van der Waals surface area contributed by atoms with Crippen molar-refractivity contribution in [3.05, 3.63) is 28.4 Å². The summed E-state index contributed by atoms with van der Waals surface area (Å²) in [6.45, 7) is 2.86. The van der Waals surface area contributed by atoms with Crippen molar-refractivity contribution >= 4 is 11.7 Å². The van der Waals surface area contributed by atoms with Gasteiger partial charge >= 0.3 is 0 Å². The summed E-state index contributed by atoms with van der Waals surface area (Å²) in [6, 6.07) is 0.172. The molecule has 1 N–H and O–H groups in total. The van der Waals surface area contributed by atoms with E-state index in [1.807, 2.05) is 4.57 Å². The van der Waals surface area contributed by atoms with Crippen LogP contribution in [0.3, 0.4) is 0 Å². The highest BCUT2D eigenvalue weighted by atomic mass is 16.2. The largest absolute Gasteiger partial charge is 0.349 e. The van der Waals surface area contributed by atoms with Gasteiger partial charge in [-0.1, -0.05) is 39.0 Å². The molecule has 1 saturated carbocycles. The molecule has 0 bridgehead atoms. The van der Waals surface area contributed by atoms with Crippen molar-refractivity contribution in [1.82, 2.24) is 24.5 Å². The van der Waals surface area contributed by atoms with Gasteiger partial charge in [0.05, 0.1) is 0 Å². The molecule has 3 rings (SSSR count). The zero-order valence-electron chi connectivity index (χ0n) is 14.2. The van der Waals surface area contributed by atoms with Gasteiger partial charge in [-0.2, -0.15) is 14.6 Å². The molecule has 2 heterocycles. The standard InChI is InChI=1S/C17H25N5O2/c1-2-3-7-10-21-11-14(16(24)22-17(21)18-12-19-22)15(23)20-13-8-5-4-6-9-13/h11-13H,2-10H2,1H3,(H,20,23). The Labute approximate surface area is 141 Å². The van der Waals surface area contributed by atoms with E-state index in [1.165, 1.54) is 17.3 Å². The summed E-state index contributed by atoms with van der Waals surface area (Å²) in [4.78, 5) is 29.3. The Balaban J connectivity index is 1.87. The van der Waals surface area contributed by atoms with Gasteiger partial charge in [0.25, 0.3) is 11.5 Å². The SMILES string of the molecule is CCCCCn1cc(C(=O)NC2CCCCC2)c(=O)n2ncnc12. The lowest BCUT2D eigenvalue weighted by Gasteiger charge is -2.22. The first-order valence-electron chi connectivity index (χ1n) is 8.94. The summed E-state index contributed by atoms with van der Waals surface area (Å²) in [5.41, 5.74) is -0.252. The molecule has 0 radical (unpaired) electrons. The zero-order chi connectivity index (χ0) is 16.9. The van der Waals surface area contributed by atoms with Gasteiger partial charge in [0.1, 0.15) is 11.9 Å². The highest BCUT2D eigenvalue weighted by Gasteiger charge is 2.21. The average Bonchev–Trinajstić information content (AvgIpc) is 3.08. The predicted octanol–water partition coefficient (Wildman–Crippen LogP) is 2.14. The average molecular weight is 331 g/mol. The number of amides is 1. The molecular formula is C17H25N5O2. The molecule has 0 unspecified atom stereocenters. The van der Waals surface area contributed by atoms with E-state index in [0.717, 1.165) is 51.5 Å². The summed E-state index contributed by atoms with van der Waals surface area (Å²) in [5, 5.41) is 7.00. The van der Waals surface area contributed by atoms with Crippen LogP contribution in [0.1, 0.15) is 68.6 Å². The Morgan fingerprint density at radius 1 is 1.29 bits per heavy atom. The van der Waals surface area contributed by atoms with Crippen LogP contribution in [0.4, 0.5) is 0 Å². The van der Waals surface area contributed by atoms with E-state index in [0.29, 0.717) is 5.78 Å². The highest BCUT2D eigenvalue weighted by molar-refractivity contribution is 5.93. The Hall–Kier alpha value is -2.18. The molecule has 2 aromatic heterocycles. The molecule has 7 nitrogen and oxygen atoms in total. The van der Waals surface area contributed by atoms with Crippen LogP contribution in [0.15, 0.2) is 17.3 Å². The third-order valence-electron chi connectivity index (χ3n) is 4.68. The molecule has 24 heavy (non-hydrogen) atoms. The van der Waals surface area contributed by atoms with Crippen LogP contribution in [0.25, 0.3) is 5.78 Å². The van der Waals surface area contributed by atoms with E-state index in [2.05, 4.69) is 22.3 Å². The third kappa shape index (κ3) is 3.49. The lowest BCUT2D eigenvalue weighted by atomic mass is 9.95. The van der Waals surface area contributed by atoms with Crippen LogP contribution in [-0.4, -0.2) is 31.1 Å². The molecule has 0 aliphatic heterocycles. The number of nitrogens with one attached hydrogen (secondary N) is 1. The second-order valence-electron chi connectivity index (χ2n) is 6.53. The molecule has 1 aliphatic carbocycles. The Morgan fingerprint density at radius 2 is 2.08 bits per heavy atom. The van der Waals surface area contributed by atoms with E-state index in [-0.39, 0.29) is 17.5 Å². The van der Waals surface area contributed by atoms with Gasteiger partial charge in [-0.05, 0) is 19.3 Å². The molecule has 0 aromatic carbocycles. The molecular weight excluding hydrogens is 306 g/mol. The number of aryl methyl sites for hydroxylation is 1. The first-order chi connectivity index (χ1) is 11.7. The van der Waals surface area contributed by atoms with Crippen LogP contribution in [0.5, 0.6) is 0 Å². The van der Waals surface area contributed by atoms with Gasteiger partial charge in [0.2, 0.25) is 5.78 Å². The lowest BCUT2D eigenvalue weighted by molar-refractivity contribution is 0.0925. The zero-order valence-corrected chi connectivity index (χ0v) is 14.2. The molecule has 2 aromatic rings. The van der Waals surface area contributed by atoms with Crippen LogP contribution in [0.2, 0.25) is 0 Å². The minimum Gasteiger partial charge on any atom is -0.349 e. The second-order valence-corrected chi connectivity index (χ2v) is 6.53. The molecule has 130 valence electrons. The maximum atomic E-state index is 12.6. The number of aromatic nitrogens is 4. The third-order valence-corrected chi connectivity index (χ3v) is 4.68. The molecule has 0 atom stereocenters. The predicted molar refractivity (Wildman–Crippen MR) is 91.1 cm³/mol. The Morgan fingerprint density at radius 3 is 2.83 bits per heavy atom. The van der Waals surface area contributed by atoms with Crippen LogP contribution < -0.4 is 10.9 Å². The normalized spacial score (nSPS) is 15.7. The number of rotatable bonds is 6. The van der Waals surface area contributed by atoms with Crippen molar-refractivity contribution in [1.29, 1.82) is 0 Å². The number of fused-ring (bicyclic) bond motifs is 1. The maximum Gasteiger partial charge on any atom is 0.288 e. The van der Waals surface area contributed by atoms with Crippen molar-refractivity contribution in [2.45, 2.75) is 70.9 Å². The fourth-order valence-electron chi connectivity index (χ4n) is 3.32. The van der Waals surface area contributed by atoms with Gasteiger partial charge < -0.3 is 9.88 Å². The summed E-state index contributed by atoms with van der Waals surface area (Å²) < 4.78 is 3.08. The molecule has 1 fully saturated rings. The highest BCUT2D eigenvalue weighted by Crippen LogP contribution is 2.17. The molecule has 0 spiro atoms. The number of carbonyl (C=O) groups is 1. The summed E-state index contributed by atoms with van der Waals surface area (Å²) in [6.07, 6.45) is 11.6. The number of hydrogen-bond acceptors (Lipinski definition) is 4. The first kappa shape index (κ1) is 16.7. The van der Waals surface area contributed by atoms with Crippen molar-refractivity contribution in [2.24, 2.45) is 0 Å². The number of nitrogens with zero attached hydrogens (tertiary/aromatic N) is 4. The number of carbonyl (C=O) groups excluding carboxylic acids is 1. The van der Waals surface area contributed by atoms with Crippen LogP contribution in [0, 0.1) is 0 Å². The monoisotopic (exact) mass is 331 g/mol. The lowest BCUT2D eigenvalue weighted by Crippen LogP contribution is -2.40. The van der Waals surface area contributed by atoms with E-state index >= 15 is 0 Å². The minimum atomic E-state index is -0.400. The van der Waals surface area contributed by atoms with Gasteiger partial charge in [-0.3, -0.25) is 9.59 Å². The Bertz CT molecular complexity index is 758. The second kappa shape index (κ2) is 7.59. The summed E-state index contributed by atoms with van der Waals surface area (Å²) in [7, 11) is 0. The topological polar surface area (TPSA) is 81.3 Å². The van der Waals surface area contributed by atoms with Crippen molar-refractivity contribution in [2.75, 3.05) is 0 Å². The summed E-state index contributed by atoms with van der Waals surface area (Å²) >= 11 is 0. The van der Waals surface area contributed by atoms with Crippen LogP contribution in [-0.2, 0) is 6.54 Å². The molecule has 7 heteroatoms. The Kier molecular flexibility index (Phi) is 5.27. The maximum absolute atomic E-state index is 12.6. The van der Waals surface area contributed by atoms with E-state index in [4.69, 9.17) is 0 Å². The van der Waals surface area contributed by atoms with Gasteiger partial charge in [-0.25, -0.2) is 0 Å². The fourth-order valence-corrected chi connectivity index (χ4v) is 3.32. The van der Waals surface area contributed by atoms with E-state index in [1.54, 1.807) is 6.20 Å². The molecule has 0 saturated heterocycles. The number of hydrogen-bond donors (Lipinski definition) is 1. The van der Waals surface area contributed by atoms with Crippen LogP contribution >= 0.6 is 0 Å². The molecule has 1 aliphatic rings. The van der Waals surface area contributed by atoms with Gasteiger partial charge in [-0.15, -0.1) is 0 Å². The first-order valence-corrected chi connectivity index (χ1v) is 8.94. The quantitative estimate of drug-likeness (QED) is 0.822. The van der Waals surface area contributed by atoms with E-state index < -0.39 is 5.56 Å². The van der Waals surface area contributed by atoms with Crippen molar-refractivity contribution in [3.8, 4) is 0 Å². The summed E-state index contributed by atoms with van der Waals surface area (Å²) in [5.74, 6) is 0.193. The fraction of sp³-hybridized carbons (Fsp3) is 0.647. The van der Waals surface area contributed by atoms with Crippen molar-refractivity contribution in [3.63, 3.8) is 0 Å². The van der Waals surface area contributed by atoms with E-state index in [9.17, 15) is 9.59 Å². The number of unbranched alkanes of at least 4 members (excludes halogenated alkanes) is 2.